The summed E-state index contributed by atoms with van der Waals surface area (Å²) in [4.78, 5) is 18.9. The van der Waals surface area contributed by atoms with E-state index >= 15 is 0 Å². The van der Waals surface area contributed by atoms with E-state index in [1.165, 1.54) is 11.3 Å². The van der Waals surface area contributed by atoms with Gasteiger partial charge in [0.15, 0.2) is 5.01 Å². The quantitative estimate of drug-likeness (QED) is 0.733. The van der Waals surface area contributed by atoms with Gasteiger partial charge in [-0.05, 0) is 25.1 Å². The van der Waals surface area contributed by atoms with Crippen molar-refractivity contribution in [3.8, 4) is 5.88 Å². The zero-order valence-electron chi connectivity index (χ0n) is 13.2. The minimum atomic E-state index is -0.0552. The number of likely N-dealkylation sites (tertiary alicyclic amines) is 1. The van der Waals surface area contributed by atoms with E-state index in [1.54, 1.807) is 11.0 Å². The van der Waals surface area contributed by atoms with Crippen molar-refractivity contribution in [2.45, 2.75) is 19.4 Å². The number of carbonyl (C=O) groups is 1. The van der Waals surface area contributed by atoms with Crippen LogP contribution in [-0.4, -0.2) is 45.2 Å². The Bertz CT molecular complexity index is 845. The van der Waals surface area contributed by atoms with E-state index in [-0.39, 0.29) is 12.0 Å². The second-order valence-electron chi connectivity index (χ2n) is 5.78. The molecule has 24 heavy (non-hydrogen) atoms. The van der Waals surface area contributed by atoms with E-state index in [0.717, 1.165) is 22.3 Å². The number of aryl methyl sites for hydroxylation is 1. The number of hydrogen-bond acceptors (Lipinski definition) is 6. The topological polar surface area (TPSA) is 68.2 Å². The van der Waals surface area contributed by atoms with Crippen molar-refractivity contribution in [2.24, 2.45) is 0 Å². The predicted molar refractivity (Wildman–Crippen MR) is 91.3 cm³/mol. The molecule has 7 heteroatoms. The van der Waals surface area contributed by atoms with Crippen LogP contribution in [0.15, 0.2) is 36.4 Å². The Morgan fingerprint density at radius 3 is 2.92 bits per heavy atom. The van der Waals surface area contributed by atoms with Crippen LogP contribution in [0.3, 0.4) is 0 Å². The lowest BCUT2D eigenvalue weighted by Gasteiger charge is -2.15. The number of aromatic nitrogens is 3. The second-order valence-corrected chi connectivity index (χ2v) is 6.81. The Morgan fingerprint density at radius 2 is 2.12 bits per heavy atom. The highest BCUT2D eigenvalue weighted by molar-refractivity contribution is 7.20. The lowest BCUT2D eigenvalue weighted by molar-refractivity contribution is 0.0771. The summed E-state index contributed by atoms with van der Waals surface area (Å²) in [6, 6.07) is 11.5. The summed E-state index contributed by atoms with van der Waals surface area (Å²) in [7, 11) is 0. The first-order valence-electron chi connectivity index (χ1n) is 7.81. The lowest BCUT2D eigenvalue weighted by atomic mass is 10.3. The van der Waals surface area contributed by atoms with Crippen molar-refractivity contribution >= 4 is 27.5 Å². The maximum absolute atomic E-state index is 12.6. The first kappa shape index (κ1) is 15.0. The molecule has 4 rings (SSSR count). The van der Waals surface area contributed by atoms with Crippen LogP contribution in [0.4, 0.5) is 0 Å². The summed E-state index contributed by atoms with van der Waals surface area (Å²) in [5.41, 5.74) is 1.72. The van der Waals surface area contributed by atoms with Gasteiger partial charge >= 0.3 is 0 Å². The Hall–Kier alpha value is -2.54. The minimum Gasteiger partial charge on any atom is -0.471 e. The maximum Gasteiger partial charge on any atom is 0.283 e. The second kappa shape index (κ2) is 6.16. The monoisotopic (exact) mass is 340 g/mol. The SMILES string of the molecule is Cc1ccc(O[C@H]2CCN(C(=O)c3nc4ccccc4s3)C2)nn1. The van der Waals surface area contributed by atoms with Crippen molar-refractivity contribution in [1.82, 2.24) is 20.1 Å². The molecule has 1 aliphatic rings. The first-order chi connectivity index (χ1) is 11.7. The molecule has 0 N–H and O–H groups in total. The van der Waals surface area contributed by atoms with Crippen LogP contribution in [-0.2, 0) is 0 Å². The van der Waals surface area contributed by atoms with Crippen molar-refractivity contribution in [3.05, 3.63) is 47.1 Å². The van der Waals surface area contributed by atoms with Crippen molar-refractivity contribution in [2.75, 3.05) is 13.1 Å². The maximum atomic E-state index is 12.6. The predicted octanol–water partition coefficient (Wildman–Crippen LogP) is 2.69. The number of nitrogens with zero attached hydrogens (tertiary/aromatic N) is 4. The number of benzene rings is 1. The fourth-order valence-electron chi connectivity index (χ4n) is 2.73. The smallest absolute Gasteiger partial charge is 0.283 e. The molecule has 3 aromatic rings. The number of rotatable bonds is 3. The Balaban J connectivity index is 1.44. The molecule has 0 unspecified atom stereocenters. The van der Waals surface area contributed by atoms with E-state index < -0.39 is 0 Å². The van der Waals surface area contributed by atoms with Crippen molar-refractivity contribution in [1.29, 1.82) is 0 Å². The van der Waals surface area contributed by atoms with Gasteiger partial charge in [0.05, 0.1) is 22.5 Å². The Morgan fingerprint density at radius 1 is 1.25 bits per heavy atom. The largest absolute Gasteiger partial charge is 0.471 e. The molecule has 6 nitrogen and oxygen atoms in total. The molecule has 2 aromatic heterocycles. The normalized spacial score (nSPS) is 17.4. The summed E-state index contributed by atoms with van der Waals surface area (Å²) in [5, 5.41) is 8.53. The number of fused-ring (bicyclic) bond motifs is 1. The third kappa shape index (κ3) is 2.94. The van der Waals surface area contributed by atoms with E-state index in [9.17, 15) is 4.79 Å². The van der Waals surface area contributed by atoms with Crippen molar-refractivity contribution in [3.63, 3.8) is 0 Å². The number of ether oxygens (including phenoxy) is 1. The van der Waals surface area contributed by atoms with Gasteiger partial charge < -0.3 is 9.64 Å². The molecule has 1 aliphatic heterocycles. The van der Waals surface area contributed by atoms with Gasteiger partial charge in [-0.2, -0.15) is 5.10 Å². The molecule has 1 atom stereocenters. The molecule has 0 bridgehead atoms. The number of amides is 1. The molecule has 1 fully saturated rings. The zero-order valence-corrected chi connectivity index (χ0v) is 14.0. The van der Waals surface area contributed by atoms with Gasteiger partial charge in [-0.1, -0.05) is 12.1 Å². The average molecular weight is 340 g/mol. The Labute approximate surface area is 143 Å². The van der Waals surface area contributed by atoms with Crippen LogP contribution in [0.2, 0.25) is 0 Å². The molecule has 3 heterocycles. The molecule has 122 valence electrons. The molecule has 1 amide bonds. The molecule has 0 saturated carbocycles. The van der Waals surface area contributed by atoms with E-state index in [4.69, 9.17) is 4.74 Å². The Kier molecular flexibility index (Phi) is 3.86. The summed E-state index contributed by atoms with van der Waals surface area (Å²) < 4.78 is 6.85. The van der Waals surface area contributed by atoms with E-state index in [2.05, 4.69) is 15.2 Å². The van der Waals surface area contributed by atoms with E-state index in [1.807, 2.05) is 37.3 Å². The summed E-state index contributed by atoms with van der Waals surface area (Å²) >= 11 is 1.43. The van der Waals surface area contributed by atoms with Gasteiger partial charge in [-0.15, -0.1) is 16.4 Å². The van der Waals surface area contributed by atoms with Crippen LogP contribution in [0.1, 0.15) is 21.9 Å². The van der Waals surface area contributed by atoms with Crippen LogP contribution >= 0.6 is 11.3 Å². The van der Waals surface area contributed by atoms with Crippen molar-refractivity contribution < 1.29 is 9.53 Å². The third-order valence-corrected chi connectivity index (χ3v) is 4.99. The summed E-state index contributed by atoms with van der Waals surface area (Å²) in [5.74, 6) is 0.470. The molecule has 1 saturated heterocycles. The molecule has 0 radical (unpaired) electrons. The first-order valence-corrected chi connectivity index (χ1v) is 8.62. The highest BCUT2D eigenvalue weighted by Gasteiger charge is 2.30. The fourth-order valence-corrected chi connectivity index (χ4v) is 3.66. The highest BCUT2D eigenvalue weighted by atomic mass is 32.1. The average Bonchev–Trinajstić information content (AvgIpc) is 3.23. The van der Waals surface area contributed by atoms with Gasteiger partial charge in [-0.3, -0.25) is 4.79 Å². The van der Waals surface area contributed by atoms with Gasteiger partial charge in [0, 0.05) is 19.0 Å². The molecule has 1 aromatic carbocycles. The molecular weight excluding hydrogens is 324 g/mol. The van der Waals surface area contributed by atoms with Gasteiger partial charge in [0.25, 0.3) is 5.91 Å². The van der Waals surface area contributed by atoms with Gasteiger partial charge in [0.1, 0.15) is 6.10 Å². The number of carbonyl (C=O) groups excluding carboxylic acids is 1. The van der Waals surface area contributed by atoms with Crippen LogP contribution in [0, 0.1) is 6.92 Å². The van der Waals surface area contributed by atoms with Crippen LogP contribution in [0.25, 0.3) is 10.2 Å². The van der Waals surface area contributed by atoms with Crippen LogP contribution < -0.4 is 4.74 Å². The number of thiazole rings is 1. The highest BCUT2D eigenvalue weighted by Crippen LogP contribution is 2.24. The number of para-hydroxylation sites is 1. The van der Waals surface area contributed by atoms with E-state index in [0.29, 0.717) is 24.0 Å². The molecule has 0 spiro atoms. The minimum absolute atomic E-state index is 0.0303. The summed E-state index contributed by atoms with van der Waals surface area (Å²) in [6.45, 7) is 3.09. The van der Waals surface area contributed by atoms with Gasteiger partial charge in [-0.25, -0.2) is 4.98 Å². The fraction of sp³-hybridized carbons (Fsp3) is 0.294. The van der Waals surface area contributed by atoms with Gasteiger partial charge in [0.2, 0.25) is 5.88 Å². The number of hydrogen-bond donors (Lipinski definition) is 0. The third-order valence-electron chi connectivity index (χ3n) is 3.97. The zero-order chi connectivity index (χ0) is 16.5. The lowest BCUT2D eigenvalue weighted by Crippen LogP contribution is -2.31. The molecule has 0 aliphatic carbocycles. The standard InChI is InChI=1S/C17H16N4O2S/c1-11-6-7-15(20-19-11)23-12-8-9-21(10-12)17(22)16-18-13-4-2-3-5-14(13)24-16/h2-7,12H,8-10H2,1H3/t12-/m0/s1. The summed E-state index contributed by atoms with van der Waals surface area (Å²) in [6.07, 6.45) is 0.729. The van der Waals surface area contributed by atoms with Crippen LogP contribution in [0.5, 0.6) is 5.88 Å². The molecular formula is C17H16N4O2S.